The molecule has 2 N–H and O–H groups in total. The van der Waals surface area contributed by atoms with Gasteiger partial charge in [0.15, 0.2) is 0 Å². The molecule has 0 aliphatic carbocycles. The first kappa shape index (κ1) is 12.1. The van der Waals surface area contributed by atoms with Crippen LogP contribution >= 0.6 is 0 Å². The minimum Gasteiger partial charge on any atom is -0.538 e. The van der Waals surface area contributed by atoms with Crippen molar-refractivity contribution < 1.29 is 18.6 Å². The summed E-state index contributed by atoms with van der Waals surface area (Å²) in [6, 6.07) is 6.67. The molecule has 1 aromatic carbocycles. The van der Waals surface area contributed by atoms with Crippen molar-refractivity contribution in [3.05, 3.63) is 35.1 Å². The van der Waals surface area contributed by atoms with Crippen molar-refractivity contribution >= 4 is 10.0 Å². The van der Waals surface area contributed by atoms with Crippen molar-refractivity contribution in [1.82, 2.24) is 0 Å². The molecule has 0 unspecified atom stereocenters. The van der Waals surface area contributed by atoms with Crippen LogP contribution < -0.4 is 0 Å². The monoisotopic (exact) mass is 230 g/mol. The second-order valence-electron chi connectivity index (χ2n) is 2.91. The number of nitrogens with zero attached hydrogens (tertiary/aromatic N) is 1. The lowest BCUT2D eigenvalue weighted by atomic mass is 10.4. The van der Waals surface area contributed by atoms with Gasteiger partial charge < -0.3 is 14.9 Å². The van der Waals surface area contributed by atoms with Crippen molar-refractivity contribution in [2.45, 2.75) is 10.9 Å². The van der Waals surface area contributed by atoms with Crippen LogP contribution in [0.5, 0.6) is 0 Å². The van der Waals surface area contributed by atoms with Crippen molar-refractivity contribution in [2.24, 2.45) is 0 Å². The number of aliphatic hydroxyl groups is 2. The summed E-state index contributed by atoms with van der Waals surface area (Å²) in [6.45, 7) is -0.995. The third kappa shape index (κ3) is 3.28. The predicted molar refractivity (Wildman–Crippen MR) is 54.9 cm³/mol. The molecule has 15 heavy (non-hydrogen) atoms. The molecule has 0 fully saturated rings. The molecule has 0 saturated heterocycles. The Balaban J connectivity index is 2.85. The van der Waals surface area contributed by atoms with E-state index in [2.05, 4.69) is 4.72 Å². The summed E-state index contributed by atoms with van der Waals surface area (Å²) < 4.78 is 26.5. The average Bonchev–Trinajstić information content (AvgIpc) is 2.27. The Bertz CT molecular complexity index is 386. The SMILES string of the molecule is O=S(=O)([N-]C(CO)CO)c1ccccc1. The van der Waals surface area contributed by atoms with Crippen LogP contribution in [0.4, 0.5) is 0 Å². The van der Waals surface area contributed by atoms with Crippen molar-refractivity contribution in [1.29, 1.82) is 0 Å². The molecule has 0 bridgehead atoms. The highest BCUT2D eigenvalue weighted by Crippen LogP contribution is 2.18. The summed E-state index contributed by atoms with van der Waals surface area (Å²) in [6.07, 6.45) is 0. The molecule has 0 aliphatic rings. The van der Waals surface area contributed by atoms with Crippen LogP contribution in [0.1, 0.15) is 0 Å². The van der Waals surface area contributed by atoms with Gasteiger partial charge in [-0.2, -0.15) is 0 Å². The topological polar surface area (TPSA) is 88.7 Å². The standard InChI is InChI=1S/C9H12NO4S/c11-6-8(7-12)10-15(13,14)9-4-2-1-3-5-9/h1-5,8,11-12H,6-7H2/q-1. The Morgan fingerprint density at radius 2 is 1.67 bits per heavy atom. The fourth-order valence-electron chi connectivity index (χ4n) is 0.974. The Kier molecular flexibility index (Phi) is 4.22. The molecule has 0 aromatic heterocycles. The highest BCUT2D eigenvalue weighted by Gasteiger charge is 2.06. The molecule has 6 heteroatoms. The van der Waals surface area contributed by atoms with E-state index in [1.165, 1.54) is 12.1 Å². The molecule has 0 spiro atoms. The summed E-state index contributed by atoms with van der Waals surface area (Å²) in [5.41, 5.74) is 0. The Hall–Kier alpha value is -0.950. The quantitative estimate of drug-likeness (QED) is 0.751. The van der Waals surface area contributed by atoms with Gasteiger partial charge in [0, 0.05) is 18.1 Å². The molecule has 1 aromatic rings. The second-order valence-corrected chi connectivity index (χ2v) is 4.54. The summed E-state index contributed by atoms with van der Waals surface area (Å²) in [5, 5.41) is 17.4. The van der Waals surface area contributed by atoms with Crippen LogP contribution in [0.3, 0.4) is 0 Å². The van der Waals surface area contributed by atoms with E-state index < -0.39 is 29.3 Å². The number of hydrogen-bond acceptors (Lipinski definition) is 4. The molecule has 5 nitrogen and oxygen atoms in total. The highest BCUT2D eigenvalue weighted by molar-refractivity contribution is 7.94. The highest BCUT2D eigenvalue weighted by atomic mass is 32.2. The van der Waals surface area contributed by atoms with Crippen molar-refractivity contribution in [3.8, 4) is 0 Å². The summed E-state index contributed by atoms with van der Waals surface area (Å²) in [4.78, 5) is 0.0527. The zero-order chi connectivity index (χ0) is 11.3. The van der Waals surface area contributed by atoms with Crippen molar-refractivity contribution in [3.63, 3.8) is 0 Å². The molecular weight excluding hydrogens is 218 g/mol. The molecule has 0 amide bonds. The van der Waals surface area contributed by atoms with Gasteiger partial charge in [-0.3, -0.25) is 0 Å². The first-order valence-corrected chi connectivity index (χ1v) is 5.78. The largest absolute Gasteiger partial charge is 0.538 e. The fraction of sp³-hybridized carbons (Fsp3) is 0.333. The second kappa shape index (κ2) is 5.22. The first-order valence-electron chi connectivity index (χ1n) is 4.34. The number of rotatable bonds is 5. The number of sulfonamides is 1. The molecule has 84 valence electrons. The lowest BCUT2D eigenvalue weighted by Gasteiger charge is -2.27. The van der Waals surface area contributed by atoms with E-state index in [-0.39, 0.29) is 4.90 Å². The van der Waals surface area contributed by atoms with E-state index in [1.54, 1.807) is 18.2 Å². The van der Waals surface area contributed by atoms with Crippen molar-refractivity contribution in [2.75, 3.05) is 13.2 Å². The minimum absolute atomic E-state index is 0.0527. The first-order chi connectivity index (χ1) is 7.10. The normalized spacial score (nSPS) is 11.9. The smallest absolute Gasteiger partial charge is 0.101 e. The van der Waals surface area contributed by atoms with Crippen LogP contribution in [-0.2, 0) is 10.0 Å². The van der Waals surface area contributed by atoms with Gasteiger partial charge in [0.1, 0.15) is 10.0 Å². The maximum Gasteiger partial charge on any atom is 0.101 e. The molecule has 1 rings (SSSR count). The van der Waals surface area contributed by atoms with Gasteiger partial charge >= 0.3 is 0 Å². The summed E-state index contributed by atoms with van der Waals surface area (Å²) in [5.74, 6) is 0. The molecular formula is C9H12NO4S-. The zero-order valence-corrected chi connectivity index (χ0v) is 8.76. The van der Waals surface area contributed by atoms with Crippen LogP contribution in [0.2, 0.25) is 0 Å². The minimum atomic E-state index is -3.78. The summed E-state index contributed by atoms with van der Waals surface area (Å²) >= 11 is 0. The van der Waals surface area contributed by atoms with Gasteiger partial charge in [-0.15, -0.1) is 0 Å². The van der Waals surface area contributed by atoms with E-state index in [4.69, 9.17) is 10.2 Å². The van der Waals surface area contributed by atoms with Crippen LogP contribution in [-0.4, -0.2) is 37.9 Å². The van der Waals surface area contributed by atoms with Gasteiger partial charge in [-0.25, -0.2) is 8.42 Å². The van der Waals surface area contributed by atoms with E-state index in [9.17, 15) is 8.42 Å². The van der Waals surface area contributed by atoms with Gasteiger partial charge in [-0.1, -0.05) is 24.2 Å². The zero-order valence-electron chi connectivity index (χ0n) is 7.94. The third-order valence-electron chi connectivity index (χ3n) is 1.75. The lowest BCUT2D eigenvalue weighted by Crippen LogP contribution is -2.20. The molecule has 0 aliphatic heterocycles. The van der Waals surface area contributed by atoms with Crippen LogP contribution in [0, 0.1) is 0 Å². The van der Waals surface area contributed by atoms with Gasteiger partial charge in [0.05, 0.1) is 0 Å². The number of benzene rings is 1. The third-order valence-corrected chi connectivity index (χ3v) is 3.19. The maximum absolute atomic E-state index is 11.6. The summed E-state index contributed by atoms with van der Waals surface area (Å²) in [7, 11) is -3.78. The molecule has 0 atom stereocenters. The van der Waals surface area contributed by atoms with E-state index >= 15 is 0 Å². The Morgan fingerprint density at radius 1 is 1.13 bits per heavy atom. The molecule has 0 heterocycles. The Morgan fingerprint density at radius 3 is 2.13 bits per heavy atom. The maximum atomic E-state index is 11.6. The van der Waals surface area contributed by atoms with Crippen LogP contribution in [0.25, 0.3) is 4.72 Å². The van der Waals surface area contributed by atoms with Gasteiger partial charge in [0.2, 0.25) is 0 Å². The lowest BCUT2D eigenvalue weighted by molar-refractivity contribution is 0.210. The van der Waals surface area contributed by atoms with E-state index in [0.29, 0.717) is 0 Å². The molecule has 0 radical (unpaired) electrons. The Labute approximate surface area is 88.4 Å². The fourth-order valence-corrected chi connectivity index (χ4v) is 2.12. The van der Waals surface area contributed by atoms with Gasteiger partial charge in [-0.05, 0) is 12.1 Å². The van der Waals surface area contributed by atoms with Crippen LogP contribution in [0.15, 0.2) is 35.2 Å². The number of hydrogen-bond donors (Lipinski definition) is 2. The average molecular weight is 230 g/mol. The molecule has 0 saturated carbocycles. The van der Waals surface area contributed by atoms with Gasteiger partial charge in [0.25, 0.3) is 0 Å². The number of aliphatic hydroxyl groups excluding tert-OH is 2. The predicted octanol–water partition coefficient (Wildman–Crippen LogP) is 0.102. The van der Waals surface area contributed by atoms with E-state index in [0.717, 1.165) is 0 Å². The van der Waals surface area contributed by atoms with E-state index in [1.807, 2.05) is 0 Å².